The smallest absolute Gasteiger partial charge is 0 e. The van der Waals surface area contributed by atoms with Crippen LogP contribution in [0.3, 0.4) is 0 Å². The van der Waals surface area contributed by atoms with Crippen molar-refractivity contribution in [1.82, 2.24) is 0 Å². The van der Waals surface area contributed by atoms with Crippen LogP contribution in [-0.4, -0.2) is 11.4 Å². The molecule has 0 aromatic rings. The van der Waals surface area contributed by atoms with E-state index >= 15 is 0 Å². The van der Waals surface area contributed by atoms with Crippen LogP contribution in [-0.2, 0) is 32.7 Å². The second kappa shape index (κ2) is 3.94. The molecule has 0 unspecified atom stereocenters. The fourth-order valence-electron chi connectivity index (χ4n) is 0.633. The maximum Gasteiger partial charge on any atom is 0 e. The van der Waals surface area contributed by atoms with Crippen LogP contribution in [0.15, 0.2) is 23.8 Å². The van der Waals surface area contributed by atoms with E-state index in [0.29, 0.717) is 0 Å². The van der Waals surface area contributed by atoms with Gasteiger partial charge in [-0.25, -0.2) is 0 Å². The van der Waals surface area contributed by atoms with Crippen molar-refractivity contribution < 1.29 is 32.7 Å². The van der Waals surface area contributed by atoms with E-state index < -0.39 is 0 Å². The van der Waals surface area contributed by atoms with E-state index in [1.54, 1.807) is 6.08 Å². The van der Waals surface area contributed by atoms with Gasteiger partial charge in [-0.1, -0.05) is 23.8 Å². The van der Waals surface area contributed by atoms with E-state index in [1.807, 2.05) is 6.92 Å². The summed E-state index contributed by atoms with van der Waals surface area (Å²) in [6.45, 7) is 1.85. The first-order valence-corrected chi connectivity index (χ1v) is 2.69. The maximum absolute atomic E-state index is 8.85. The van der Waals surface area contributed by atoms with Crippen LogP contribution < -0.4 is 0 Å². The Morgan fingerprint density at radius 1 is 1.10 bits per heavy atom. The second-order valence-corrected chi connectivity index (χ2v) is 1.99. The fourth-order valence-corrected chi connectivity index (χ4v) is 0.633. The van der Waals surface area contributed by atoms with Gasteiger partial charge in [0.05, 0.1) is 0 Å². The van der Waals surface area contributed by atoms with Crippen molar-refractivity contribution in [3.63, 3.8) is 0 Å². The SMILES string of the molecule is CC1=CC(=[N-])C(=[N-])C=C1.[Y]. The molecule has 2 nitrogen and oxygen atoms in total. The van der Waals surface area contributed by atoms with E-state index in [4.69, 9.17) is 10.8 Å². The average molecular weight is 207 g/mol. The summed E-state index contributed by atoms with van der Waals surface area (Å²) < 4.78 is 0. The minimum absolute atomic E-state index is 0. The minimum atomic E-state index is -0.0689. The first kappa shape index (κ1) is 9.92. The van der Waals surface area contributed by atoms with Crippen LogP contribution in [0.2, 0.25) is 0 Å². The van der Waals surface area contributed by atoms with Crippen molar-refractivity contribution in [3.05, 3.63) is 34.6 Å². The van der Waals surface area contributed by atoms with Gasteiger partial charge in [-0.05, 0) is 6.92 Å². The van der Waals surface area contributed by atoms with E-state index in [2.05, 4.69) is 0 Å². The third-order valence-electron chi connectivity index (χ3n) is 1.13. The van der Waals surface area contributed by atoms with Gasteiger partial charge in [-0.15, -0.1) is 0 Å². The Bertz CT molecular complexity index is 226. The quantitative estimate of drug-likeness (QED) is 0.540. The zero-order chi connectivity index (χ0) is 6.85. The van der Waals surface area contributed by atoms with E-state index in [0.717, 1.165) is 5.57 Å². The molecule has 3 heteroatoms. The largest absolute Gasteiger partial charge is 0.805 e. The van der Waals surface area contributed by atoms with Crippen molar-refractivity contribution in [3.8, 4) is 0 Å². The molecule has 1 aliphatic carbocycles. The summed E-state index contributed by atoms with van der Waals surface area (Å²) in [5.41, 5.74) is 0.806. The molecule has 0 heterocycles. The average Bonchev–Trinajstić information content (AvgIpc) is 1.80. The van der Waals surface area contributed by atoms with Crippen molar-refractivity contribution in [2.75, 3.05) is 0 Å². The number of hydrogen-bond donors (Lipinski definition) is 0. The number of hydrogen-bond acceptors (Lipinski definition) is 0. The second-order valence-electron chi connectivity index (χ2n) is 1.99. The van der Waals surface area contributed by atoms with Gasteiger partial charge in [0, 0.05) is 32.7 Å². The van der Waals surface area contributed by atoms with Crippen LogP contribution >= 0.6 is 0 Å². The van der Waals surface area contributed by atoms with Gasteiger partial charge in [0.1, 0.15) is 0 Å². The summed E-state index contributed by atoms with van der Waals surface area (Å²) in [5, 5.41) is 17.6. The zero-order valence-electron chi connectivity index (χ0n) is 5.70. The predicted molar refractivity (Wildman–Crippen MR) is 39.6 cm³/mol. The summed E-state index contributed by atoms with van der Waals surface area (Å²) in [5.74, 6) is 0. The summed E-state index contributed by atoms with van der Waals surface area (Å²) in [6.07, 6.45) is 4.70. The first-order valence-electron chi connectivity index (χ1n) is 2.69. The molecule has 1 rings (SSSR count). The molecular weight excluding hydrogens is 201 g/mol. The standard InChI is InChI=1S/C7H6N2.Y/c1-5-2-3-6(8)7(9)4-5;/h2-4H,1H3;/q-2;. The Morgan fingerprint density at radius 3 is 2.10 bits per heavy atom. The molecule has 49 valence electrons. The fraction of sp³-hybridized carbons (Fsp3) is 0.143. The zero-order valence-corrected chi connectivity index (χ0v) is 8.54. The van der Waals surface area contributed by atoms with Gasteiger partial charge >= 0.3 is 0 Å². The van der Waals surface area contributed by atoms with Crippen molar-refractivity contribution in [2.45, 2.75) is 6.92 Å². The van der Waals surface area contributed by atoms with Crippen LogP contribution in [0.25, 0.3) is 10.8 Å². The third-order valence-corrected chi connectivity index (χ3v) is 1.13. The van der Waals surface area contributed by atoms with Gasteiger partial charge in [0.15, 0.2) is 0 Å². The summed E-state index contributed by atoms with van der Waals surface area (Å²) in [6, 6.07) is 0. The van der Waals surface area contributed by atoms with E-state index in [1.165, 1.54) is 12.2 Å². The predicted octanol–water partition coefficient (Wildman–Crippen LogP) is 1.52. The molecule has 0 bridgehead atoms. The molecule has 0 fully saturated rings. The molecule has 0 spiro atoms. The van der Waals surface area contributed by atoms with Crippen LogP contribution in [0, 0.1) is 0 Å². The molecule has 1 aliphatic rings. The van der Waals surface area contributed by atoms with Crippen molar-refractivity contribution in [1.29, 1.82) is 0 Å². The molecule has 0 aromatic heterocycles. The number of allylic oxidation sites excluding steroid dienone is 4. The topological polar surface area (TPSA) is 44.6 Å². The molecule has 0 amide bonds. The molecule has 0 aliphatic heterocycles. The van der Waals surface area contributed by atoms with Gasteiger partial charge < -0.3 is 10.8 Å². The van der Waals surface area contributed by atoms with Crippen LogP contribution in [0.1, 0.15) is 6.92 Å². The molecule has 0 saturated heterocycles. The van der Waals surface area contributed by atoms with Crippen molar-refractivity contribution in [2.24, 2.45) is 0 Å². The van der Waals surface area contributed by atoms with E-state index in [-0.39, 0.29) is 44.1 Å². The van der Waals surface area contributed by atoms with Crippen molar-refractivity contribution >= 4 is 11.4 Å². The van der Waals surface area contributed by atoms with Crippen LogP contribution in [0.5, 0.6) is 0 Å². The minimum Gasteiger partial charge on any atom is -0.805 e. The van der Waals surface area contributed by atoms with Gasteiger partial charge in [0.2, 0.25) is 0 Å². The Morgan fingerprint density at radius 2 is 1.70 bits per heavy atom. The van der Waals surface area contributed by atoms with E-state index in [9.17, 15) is 0 Å². The maximum atomic E-state index is 8.85. The first-order chi connectivity index (χ1) is 4.20. The van der Waals surface area contributed by atoms with Gasteiger partial charge in [-0.3, -0.25) is 0 Å². The molecule has 0 N–H and O–H groups in total. The van der Waals surface area contributed by atoms with Crippen LogP contribution in [0.4, 0.5) is 0 Å². The molecule has 0 atom stereocenters. The molecule has 0 aromatic carbocycles. The summed E-state index contributed by atoms with van der Waals surface area (Å²) in [4.78, 5) is 0. The van der Waals surface area contributed by atoms with Gasteiger partial charge in [-0.2, -0.15) is 11.4 Å². The molecule has 1 radical (unpaired) electrons. The Kier molecular flexibility index (Phi) is 3.91. The van der Waals surface area contributed by atoms with Gasteiger partial charge in [0.25, 0.3) is 0 Å². The summed E-state index contributed by atoms with van der Waals surface area (Å²) >= 11 is 0. The number of nitrogens with zero attached hydrogens (tertiary/aromatic N) is 2. The Balaban J connectivity index is 0.000000810. The normalized spacial score (nSPS) is 16.3. The molecule has 0 saturated carbocycles. The Hall–Kier alpha value is -0.0761. The molecule has 10 heavy (non-hydrogen) atoms. The molecular formula is C7H6N2Y-2. The monoisotopic (exact) mass is 207 g/mol. The Labute approximate surface area is 85.3 Å². The third kappa shape index (κ3) is 2.27. The number of rotatable bonds is 0. The summed E-state index contributed by atoms with van der Waals surface area (Å²) in [7, 11) is 0.